The quantitative estimate of drug-likeness (QED) is 0.786. The first kappa shape index (κ1) is 11.5. The molecule has 4 nitrogen and oxygen atoms in total. The third kappa shape index (κ3) is 3.25. The summed E-state index contributed by atoms with van der Waals surface area (Å²) in [7, 11) is 1.54. The number of rotatable bonds is 5. The van der Waals surface area contributed by atoms with Crippen molar-refractivity contribution in [2.24, 2.45) is 0 Å². The van der Waals surface area contributed by atoms with Gasteiger partial charge in [-0.1, -0.05) is 6.07 Å². The summed E-state index contributed by atoms with van der Waals surface area (Å²) in [5, 5.41) is 8.52. The molecule has 0 aromatic heterocycles. The minimum Gasteiger partial charge on any atom is -0.493 e. The van der Waals surface area contributed by atoms with E-state index in [2.05, 4.69) is 0 Å². The lowest BCUT2D eigenvalue weighted by Crippen LogP contribution is -2.15. The van der Waals surface area contributed by atoms with Gasteiger partial charge in [-0.15, -0.1) is 0 Å². The average Bonchev–Trinajstić information content (AvgIpc) is 2.26. The Kier molecular flexibility index (Phi) is 4.12. The molecule has 1 rings (SSSR count). The van der Waals surface area contributed by atoms with Crippen LogP contribution in [0.4, 0.5) is 0 Å². The number of carbonyl (C=O) groups is 1. The van der Waals surface area contributed by atoms with Gasteiger partial charge >= 0.3 is 0 Å². The fraction of sp³-hybridized carbons (Fsp3) is 0.364. The molecule has 82 valence electrons. The van der Waals surface area contributed by atoms with Gasteiger partial charge in [0.05, 0.1) is 7.11 Å². The number of ketones is 1. The second-order valence-electron chi connectivity index (χ2n) is 3.14. The summed E-state index contributed by atoms with van der Waals surface area (Å²) < 4.78 is 10.3. The molecule has 0 unspecified atom stereocenters. The number of hydrogen-bond acceptors (Lipinski definition) is 4. The first-order chi connectivity index (χ1) is 7.17. The number of methoxy groups -OCH3 is 1. The van der Waals surface area contributed by atoms with Gasteiger partial charge in [-0.3, -0.25) is 4.79 Å². The van der Waals surface area contributed by atoms with Crippen LogP contribution in [0, 0.1) is 6.92 Å². The molecule has 0 saturated carbocycles. The Morgan fingerprint density at radius 3 is 2.73 bits per heavy atom. The maximum absolute atomic E-state index is 10.8. The van der Waals surface area contributed by atoms with Gasteiger partial charge in [0.1, 0.15) is 13.2 Å². The molecule has 0 aliphatic rings. The van der Waals surface area contributed by atoms with E-state index in [-0.39, 0.29) is 12.4 Å². The van der Waals surface area contributed by atoms with Crippen molar-refractivity contribution in [3.63, 3.8) is 0 Å². The third-order valence-electron chi connectivity index (χ3n) is 1.88. The van der Waals surface area contributed by atoms with Crippen LogP contribution in [0.15, 0.2) is 18.2 Å². The number of aryl methyl sites for hydroxylation is 1. The van der Waals surface area contributed by atoms with Crippen molar-refractivity contribution in [2.45, 2.75) is 6.92 Å². The summed E-state index contributed by atoms with van der Waals surface area (Å²) in [6, 6.07) is 5.42. The first-order valence-electron chi connectivity index (χ1n) is 4.57. The Bertz CT molecular complexity index is 346. The molecule has 4 heteroatoms. The molecule has 15 heavy (non-hydrogen) atoms. The van der Waals surface area contributed by atoms with E-state index in [9.17, 15) is 4.79 Å². The highest BCUT2D eigenvalue weighted by Crippen LogP contribution is 2.27. The summed E-state index contributed by atoms with van der Waals surface area (Å²) in [5.41, 5.74) is 1.05. The number of aliphatic hydroxyl groups is 1. The van der Waals surface area contributed by atoms with Gasteiger partial charge in [0.15, 0.2) is 17.3 Å². The van der Waals surface area contributed by atoms with Gasteiger partial charge in [-0.05, 0) is 24.6 Å². The Labute approximate surface area is 88.4 Å². The maximum Gasteiger partial charge on any atom is 0.195 e. The van der Waals surface area contributed by atoms with Crippen molar-refractivity contribution in [1.82, 2.24) is 0 Å². The van der Waals surface area contributed by atoms with Gasteiger partial charge in [0, 0.05) is 0 Å². The highest BCUT2D eigenvalue weighted by atomic mass is 16.5. The Hall–Kier alpha value is -1.55. The summed E-state index contributed by atoms with van der Waals surface area (Å²) in [6.45, 7) is 1.29. The zero-order chi connectivity index (χ0) is 11.3. The molecule has 0 spiro atoms. The molecule has 0 radical (unpaired) electrons. The van der Waals surface area contributed by atoms with Crippen LogP contribution in [-0.2, 0) is 4.79 Å². The maximum atomic E-state index is 10.8. The second kappa shape index (κ2) is 5.36. The van der Waals surface area contributed by atoms with Crippen molar-refractivity contribution in [3.8, 4) is 11.5 Å². The van der Waals surface area contributed by atoms with Crippen molar-refractivity contribution in [2.75, 3.05) is 20.3 Å². The van der Waals surface area contributed by atoms with Crippen LogP contribution >= 0.6 is 0 Å². The lowest BCUT2D eigenvalue weighted by molar-refractivity contribution is -0.123. The smallest absolute Gasteiger partial charge is 0.195 e. The van der Waals surface area contributed by atoms with E-state index in [1.165, 1.54) is 7.11 Å². The SMILES string of the molecule is COc1cc(C)ccc1OCC(=O)CO. The molecule has 1 N–H and O–H groups in total. The van der Waals surface area contributed by atoms with Crippen molar-refractivity contribution >= 4 is 5.78 Å². The van der Waals surface area contributed by atoms with Crippen LogP contribution in [0.2, 0.25) is 0 Å². The Morgan fingerprint density at radius 1 is 1.40 bits per heavy atom. The zero-order valence-electron chi connectivity index (χ0n) is 8.82. The molecule has 0 aliphatic heterocycles. The monoisotopic (exact) mass is 210 g/mol. The zero-order valence-corrected chi connectivity index (χ0v) is 8.82. The molecule has 0 atom stereocenters. The van der Waals surface area contributed by atoms with Gasteiger partial charge in [-0.25, -0.2) is 0 Å². The average molecular weight is 210 g/mol. The molecule has 0 heterocycles. The highest BCUT2D eigenvalue weighted by Gasteiger charge is 2.06. The Balaban J connectivity index is 2.72. The van der Waals surface area contributed by atoms with E-state index in [1.54, 1.807) is 6.07 Å². The fourth-order valence-electron chi connectivity index (χ4n) is 1.10. The van der Waals surface area contributed by atoms with Gasteiger partial charge in [0.2, 0.25) is 0 Å². The van der Waals surface area contributed by atoms with Crippen molar-refractivity contribution in [1.29, 1.82) is 0 Å². The Morgan fingerprint density at radius 2 is 2.13 bits per heavy atom. The summed E-state index contributed by atoms with van der Waals surface area (Å²) in [6.07, 6.45) is 0. The van der Waals surface area contributed by atoms with Crippen molar-refractivity contribution in [3.05, 3.63) is 23.8 Å². The summed E-state index contributed by atoms with van der Waals surface area (Å²) >= 11 is 0. The van der Waals surface area contributed by atoms with Crippen LogP contribution in [0.3, 0.4) is 0 Å². The van der Waals surface area contributed by atoms with Crippen LogP contribution in [0.5, 0.6) is 11.5 Å². The van der Waals surface area contributed by atoms with E-state index in [0.29, 0.717) is 11.5 Å². The normalized spacial score (nSPS) is 9.80. The lowest BCUT2D eigenvalue weighted by atomic mass is 10.2. The van der Waals surface area contributed by atoms with Crippen LogP contribution in [0.1, 0.15) is 5.56 Å². The molecule has 0 fully saturated rings. The number of Topliss-reactive ketones (excluding diaryl/α,β-unsaturated/α-hetero) is 1. The fourth-order valence-corrected chi connectivity index (χ4v) is 1.10. The number of hydrogen-bond donors (Lipinski definition) is 1. The number of benzene rings is 1. The molecule has 0 amide bonds. The summed E-state index contributed by atoms with van der Waals surface area (Å²) in [5.74, 6) is 0.725. The van der Waals surface area contributed by atoms with Crippen LogP contribution in [-0.4, -0.2) is 31.2 Å². The predicted octanol–water partition coefficient (Wildman–Crippen LogP) is 0.944. The molecular weight excluding hydrogens is 196 g/mol. The van der Waals surface area contributed by atoms with Gasteiger partial charge in [0.25, 0.3) is 0 Å². The topological polar surface area (TPSA) is 55.8 Å². The molecule has 0 aliphatic carbocycles. The minimum atomic E-state index is -0.506. The highest BCUT2D eigenvalue weighted by molar-refractivity contribution is 5.80. The van der Waals surface area contributed by atoms with Crippen molar-refractivity contribution < 1.29 is 19.4 Å². The molecular formula is C11H14O4. The van der Waals surface area contributed by atoms with Gasteiger partial charge in [-0.2, -0.15) is 0 Å². The van der Waals surface area contributed by atoms with E-state index >= 15 is 0 Å². The molecule has 1 aromatic rings. The summed E-state index contributed by atoms with van der Waals surface area (Å²) in [4.78, 5) is 10.8. The van der Waals surface area contributed by atoms with E-state index < -0.39 is 6.61 Å². The predicted molar refractivity (Wildman–Crippen MR) is 55.3 cm³/mol. The molecule has 0 saturated heterocycles. The third-order valence-corrected chi connectivity index (χ3v) is 1.88. The number of aliphatic hydroxyl groups excluding tert-OH is 1. The van der Waals surface area contributed by atoms with Crippen LogP contribution in [0.25, 0.3) is 0 Å². The second-order valence-corrected chi connectivity index (χ2v) is 3.14. The van der Waals surface area contributed by atoms with Crippen LogP contribution < -0.4 is 9.47 Å². The molecule has 1 aromatic carbocycles. The minimum absolute atomic E-state index is 0.143. The molecule has 0 bridgehead atoms. The number of carbonyl (C=O) groups excluding carboxylic acids is 1. The first-order valence-corrected chi connectivity index (χ1v) is 4.57. The van der Waals surface area contributed by atoms with E-state index in [1.807, 2.05) is 19.1 Å². The standard InChI is InChI=1S/C11H14O4/c1-8-3-4-10(11(5-8)14-2)15-7-9(13)6-12/h3-5,12H,6-7H2,1-2H3. The van der Waals surface area contributed by atoms with E-state index in [0.717, 1.165) is 5.56 Å². The van der Waals surface area contributed by atoms with E-state index in [4.69, 9.17) is 14.6 Å². The lowest BCUT2D eigenvalue weighted by Gasteiger charge is -2.10. The number of ether oxygens (including phenoxy) is 2. The van der Waals surface area contributed by atoms with Gasteiger partial charge < -0.3 is 14.6 Å². The largest absolute Gasteiger partial charge is 0.493 e.